The first-order valence-corrected chi connectivity index (χ1v) is 12.2. The van der Waals surface area contributed by atoms with Gasteiger partial charge < -0.3 is 14.7 Å². The van der Waals surface area contributed by atoms with E-state index in [1.54, 1.807) is 19.2 Å². The van der Waals surface area contributed by atoms with Crippen LogP contribution in [-0.4, -0.2) is 83.3 Å². The summed E-state index contributed by atoms with van der Waals surface area (Å²) in [6, 6.07) is 4.19. The van der Waals surface area contributed by atoms with Crippen LogP contribution in [0, 0.1) is 5.41 Å². The number of hydrogen-bond donors (Lipinski definition) is 1. The lowest BCUT2D eigenvalue weighted by atomic mass is 9.72. The lowest BCUT2D eigenvalue weighted by Crippen LogP contribution is -2.51. The van der Waals surface area contributed by atoms with Gasteiger partial charge in [0.15, 0.2) is 5.82 Å². The number of cyclic esters (lactones) is 1. The summed E-state index contributed by atoms with van der Waals surface area (Å²) in [6.07, 6.45) is 6.88. The number of fused-ring (bicyclic) bond motifs is 2. The summed E-state index contributed by atoms with van der Waals surface area (Å²) in [4.78, 5) is 34.3. The molecule has 2 bridgehead atoms. The Morgan fingerprint density at radius 2 is 1.97 bits per heavy atom. The number of likely N-dealkylation sites (tertiary alicyclic amines) is 1. The molecule has 1 N–H and O–H groups in total. The first-order valence-electron chi connectivity index (χ1n) is 12.2. The smallest absolute Gasteiger partial charge is 0.336 e. The summed E-state index contributed by atoms with van der Waals surface area (Å²) in [5.41, 5.74) is 1.62. The molecule has 6 rings (SSSR count). The number of hydrogen-bond acceptors (Lipinski definition) is 9. The van der Waals surface area contributed by atoms with Crippen LogP contribution < -0.4 is 0 Å². The van der Waals surface area contributed by atoms with Gasteiger partial charge >= 0.3 is 5.97 Å². The molecule has 4 aliphatic rings. The molecular weight excluding hydrogens is 450 g/mol. The predicted molar refractivity (Wildman–Crippen MR) is 122 cm³/mol. The van der Waals surface area contributed by atoms with Crippen molar-refractivity contribution in [2.75, 3.05) is 13.2 Å². The number of aliphatic hydroxyl groups is 1. The van der Waals surface area contributed by atoms with Crippen LogP contribution in [0.4, 0.5) is 0 Å². The third-order valence-electron chi connectivity index (χ3n) is 8.32. The molecule has 4 aliphatic heterocycles. The van der Waals surface area contributed by atoms with Crippen molar-refractivity contribution in [2.24, 2.45) is 5.41 Å². The molecule has 11 heteroatoms. The van der Waals surface area contributed by atoms with Crippen LogP contribution in [0.1, 0.15) is 57.6 Å². The number of carbonyl (C=O) groups excluding carboxylic acids is 2. The zero-order valence-electron chi connectivity index (χ0n) is 19.9. The molecule has 0 radical (unpaired) electrons. The molecule has 4 atom stereocenters. The Morgan fingerprint density at radius 3 is 2.57 bits per heavy atom. The number of amides is 1. The van der Waals surface area contributed by atoms with Crippen LogP contribution in [-0.2, 0) is 14.3 Å². The highest BCUT2D eigenvalue weighted by Crippen LogP contribution is 2.53. The number of carbonyl (C=O) groups is 2. The van der Waals surface area contributed by atoms with Crippen molar-refractivity contribution in [2.45, 2.75) is 70.2 Å². The van der Waals surface area contributed by atoms with E-state index in [-0.39, 0.29) is 36.6 Å². The van der Waals surface area contributed by atoms with Crippen LogP contribution in [0.3, 0.4) is 0 Å². The van der Waals surface area contributed by atoms with E-state index in [1.807, 2.05) is 11.0 Å². The van der Waals surface area contributed by atoms with Crippen molar-refractivity contribution in [3.63, 3.8) is 0 Å². The van der Waals surface area contributed by atoms with E-state index in [0.717, 1.165) is 43.4 Å². The van der Waals surface area contributed by atoms with Gasteiger partial charge in [-0.3, -0.25) is 9.69 Å². The molecule has 0 unspecified atom stereocenters. The normalized spacial score (nSPS) is 31.6. The fourth-order valence-electron chi connectivity index (χ4n) is 6.69. The van der Waals surface area contributed by atoms with Gasteiger partial charge in [-0.15, -0.1) is 5.10 Å². The monoisotopic (exact) mass is 479 g/mol. The SMILES string of the molecule is CC1=C(N2C(=O)C3(C[C@H]4CC[C@H](C3)N4C[C@@H](O)c3ccc(-n4cnnn4)nc3)C[C@H]2C)COC1=O. The lowest BCUT2D eigenvalue weighted by molar-refractivity contribution is -0.140. The summed E-state index contributed by atoms with van der Waals surface area (Å²) in [6.45, 7) is 4.51. The van der Waals surface area contributed by atoms with E-state index in [0.29, 0.717) is 17.9 Å². The molecule has 2 aromatic rings. The zero-order valence-corrected chi connectivity index (χ0v) is 19.9. The molecule has 35 heavy (non-hydrogen) atoms. The Labute approximate surface area is 202 Å². The Balaban J connectivity index is 1.16. The molecular formula is C24H29N7O4. The standard InChI is InChI=1S/C24H29N7O4/c1-14-7-24(23(34)31(14)19-12-35-22(33)15(19)2)8-17-4-5-18(9-24)29(17)11-20(32)16-3-6-21(25-10-16)30-13-26-27-28-30/h3,6,10,13-14,17-18,20,32H,4-5,7-9,11-12H2,1-2H3/t14-,17-,18-,20-/m1/s1. The van der Waals surface area contributed by atoms with Gasteiger partial charge in [0.1, 0.15) is 12.9 Å². The number of tetrazole rings is 1. The van der Waals surface area contributed by atoms with Crippen molar-refractivity contribution in [1.29, 1.82) is 0 Å². The molecule has 3 saturated heterocycles. The Bertz CT molecular complexity index is 1160. The predicted octanol–water partition coefficient (Wildman–Crippen LogP) is 1.16. The highest BCUT2D eigenvalue weighted by Gasteiger charge is 2.58. The number of esters is 1. The van der Waals surface area contributed by atoms with Gasteiger partial charge in [0.25, 0.3) is 0 Å². The van der Waals surface area contributed by atoms with Crippen LogP contribution in [0.25, 0.3) is 5.82 Å². The van der Waals surface area contributed by atoms with Gasteiger partial charge in [-0.1, -0.05) is 6.07 Å². The summed E-state index contributed by atoms with van der Waals surface area (Å²) in [5, 5.41) is 22.1. The minimum absolute atomic E-state index is 0.0447. The number of piperidine rings is 1. The number of nitrogens with zero attached hydrogens (tertiary/aromatic N) is 7. The maximum Gasteiger partial charge on any atom is 0.336 e. The lowest BCUT2D eigenvalue weighted by Gasteiger charge is -2.44. The second-order valence-electron chi connectivity index (χ2n) is 10.4. The molecule has 0 saturated carbocycles. The average molecular weight is 480 g/mol. The number of ether oxygens (including phenoxy) is 1. The second kappa shape index (κ2) is 8.20. The molecule has 6 heterocycles. The van der Waals surface area contributed by atoms with Gasteiger partial charge in [0, 0.05) is 36.4 Å². The molecule has 2 aromatic heterocycles. The molecule has 184 valence electrons. The van der Waals surface area contributed by atoms with E-state index in [2.05, 4.69) is 32.3 Å². The quantitative estimate of drug-likeness (QED) is 0.629. The Kier molecular flexibility index (Phi) is 5.22. The minimum atomic E-state index is -0.674. The van der Waals surface area contributed by atoms with E-state index < -0.39 is 11.5 Å². The van der Waals surface area contributed by atoms with Gasteiger partial charge in [-0.25, -0.2) is 9.78 Å². The van der Waals surface area contributed by atoms with Gasteiger partial charge in [0.05, 0.1) is 22.8 Å². The number of rotatable bonds is 5. The fraction of sp³-hybridized carbons (Fsp3) is 0.583. The van der Waals surface area contributed by atoms with Crippen LogP contribution in [0.5, 0.6) is 0 Å². The number of pyridine rings is 1. The van der Waals surface area contributed by atoms with Gasteiger partial charge in [0.2, 0.25) is 5.91 Å². The first-order chi connectivity index (χ1) is 16.9. The number of aliphatic hydroxyl groups excluding tert-OH is 1. The molecule has 11 nitrogen and oxygen atoms in total. The van der Waals surface area contributed by atoms with Gasteiger partial charge in [-0.05, 0) is 62.4 Å². The Morgan fingerprint density at radius 1 is 1.20 bits per heavy atom. The van der Waals surface area contributed by atoms with Crippen molar-refractivity contribution in [3.05, 3.63) is 41.5 Å². The van der Waals surface area contributed by atoms with E-state index in [9.17, 15) is 14.7 Å². The number of aromatic nitrogens is 5. The highest BCUT2D eigenvalue weighted by molar-refractivity contribution is 5.94. The highest BCUT2D eigenvalue weighted by atomic mass is 16.5. The molecule has 1 spiro atoms. The minimum Gasteiger partial charge on any atom is -0.456 e. The van der Waals surface area contributed by atoms with Crippen LogP contribution >= 0.6 is 0 Å². The van der Waals surface area contributed by atoms with E-state index >= 15 is 0 Å². The summed E-state index contributed by atoms with van der Waals surface area (Å²) in [7, 11) is 0. The van der Waals surface area contributed by atoms with Crippen LogP contribution in [0.2, 0.25) is 0 Å². The topological polar surface area (TPSA) is 127 Å². The zero-order chi connectivity index (χ0) is 24.3. The molecule has 0 aliphatic carbocycles. The average Bonchev–Trinajstić information content (AvgIpc) is 3.59. The van der Waals surface area contributed by atoms with E-state index in [4.69, 9.17) is 4.74 Å². The summed E-state index contributed by atoms with van der Waals surface area (Å²) >= 11 is 0. The maximum absolute atomic E-state index is 13.8. The van der Waals surface area contributed by atoms with Crippen LogP contribution in [0.15, 0.2) is 35.9 Å². The van der Waals surface area contributed by atoms with Crippen molar-refractivity contribution < 1.29 is 19.4 Å². The Hall–Kier alpha value is -3.18. The van der Waals surface area contributed by atoms with Crippen molar-refractivity contribution >= 4 is 11.9 Å². The largest absolute Gasteiger partial charge is 0.456 e. The molecule has 1 amide bonds. The van der Waals surface area contributed by atoms with Gasteiger partial charge in [-0.2, -0.15) is 4.68 Å². The third kappa shape index (κ3) is 3.56. The van der Waals surface area contributed by atoms with E-state index in [1.165, 1.54) is 11.0 Å². The maximum atomic E-state index is 13.8. The second-order valence-corrected chi connectivity index (χ2v) is 10.4. The third-order valence-corrected chi connectivity index (χ3v) is 8.32. The molecule has 3 fully saturated rings. The van der Waals surface area contributed by atoms with Crippen molar-refractivity contribution in [1.82, 2.24) is 35.0 Å². The fourth-order valence-corrected chi connectivity index (χ4v) is 6.69. The molecule has 0 aromatic carbocycles. The van der Waals surface area contributed by atoms with Crippen molar-refractivity contribution in [3.8, 4) is 5.82 Å². The summed E-state index contributed by atoms with van der Waals surface area (Å²) < 4.78 is 6.66. The summed E-state index contributed by atoms with van der Waals surface area (Å²) in [5.74, 6) is 0.395. The first kappa shape index (κ1) is 22.3.